The molecule has 0 fully saturated rings. The largest absolute Gasteiger partial charge is 0.373 e. The molecule has 2 heteroatoms. The predicted molar refractivity (Wildman–Crippen MR) is 114 cm³/mol. The summed E-state index contributed by atoms with van der Waals surface area (Å²) in [4.78, 5) is 0. The lowest BCUT2D eigenvalue weighted by Crippen LogP contribution is -2.42. The van der Waals surface area contributed by atoms with Gasteiger partial charge < -0.3 is 4.74 Å². The Morgan fingerprint density at radius 3 is 2.20 bits per heavy atom. The number of hydrogen-bond donors (Lipinski definition) is 0. The molecule has 0 saturated carbocycles. The lowest BCUT2D eigenvalue weighted by molar-refractivity contribution is -0.0879. The van der Waals surface area contributed by atoms with Crippen molar-refractivity contribution < 1.29 is 4.74 Å². The molecule has 144 valence electrons. The third kappa shape index (κ3) is 7.83. The number of rotatable bonds is 11. The van der Waals surface area contributed by atoms with Crippen LogP contribution in [0.1, 0.15) is 92.1 Å². The highest BCUT2D eigenvalue weighted by atomic mass is 79.9. The van der Waals surface area contributed by atoms with Crippen molar-refractivity contribution in [3.8, 4) is 0 Å². The molecule has 0 aliphatic carbocycles. The number of halogens is 1. The van der Waals surface area contributed by atoms with Crippen molar-refractivity contribution in [3.05, 3.63) is 34.3 Å². The van der Waals surface area contributed by atoms with E-state index in [4.69, 9.17) is 4.74 Å². The molecule has 0 aromatic heterocycles. The van der Waals surface area contributed by atoms with E-state index in [0.717, 1.165) is 10.9 Å². The average molecular weight is 411 g/mol. The monoisotopic (exact) mass is 410 g/mol. The van der Waals surface area contributed by atoms with Gasteiger partial charge in [-0.3, -0.25) is 0 Å². The van der Waals surface area contributed by atoms with Gasteiger partial charge in [0.25, 0.3) is 0 Å². The molecule has 0 saturated heterocycles. The van der Waals surface area contributed by atoms with Crippen LogP contribution in [0.3, 0.4) is 0 Å². The van der Waals surface area contributed by atoms with Crippen molar-refractivity contribution in [2.75, 3.05) is 0 Å². The SMILES string of the molecule is CCCCCCCCC(OCc1cccc(Br)c1)C(C)(C)C(C)(C)C. The molecular weight excluding hydrogens is 372 g/mol. The van der Waals surface area contributed by atoms with E-state index in [1.165, 1.54) is 44.1 Å². The Hall–Kier alpha value is -0.340. The van der Waals surface area contributed by atoms with Crippen LogP contribution in [0.15, 0.2) is 28.7 Å². The van der Waals surface area contributed by atoms with Gasteiger partial charge in [0, 0.05) is 4.47 Å². The standard InChI is InChI=1S/C23H39BrO/c1-7-8-9-10-11-12-16-21(23(5,6)22(2,3)4)25-18-19-14-13-15-20(24)17-19/h13-15,17,21H,7-12,16,18H2,1-6H3. The van der Waals surface area contributed by atoms with Crippen LogP contribution in [-0.2, 0) is 11.3 Å². The fourth-order valence-corrected chi connectivity index (χ4v) is 3.52. The molecule has 1 unspecified atom stereocenters. The first-order chi connectivity index (χ1) is 11.7. The smallest absolute Gasteiger partial charge is 0.0721 e. The van der Waals surface area contributed by atoms with Crippen molar-refractivity contribution in [1.29, 1.82) is 0 Å². The Kier molecular flexibility index (Phi) is 9.74. The zero-order valence-electron chi connectivity index (χ0n) is 17.3. The summed E-state index contributed by atoms with van der Waals surface area (Å²) in [7, 11) is 0. The molecule has 1 atom stereocenters. The molecule has 0 radical (unpaired) electrons. The minimum atomic E-state index is 0.141. The molecule has 1 nitrogen and oxygen atoms in total. The predicted octanol–water partition coefficient (Wildman–Crippen LogP) is 8.16. The molecule has 0 aliphatic heterocycles. The molecule has 0 N–H and O–H groups in total. The molecule has 0 aliphatic rings. The van der Waals surface area contributed by atoms with Crippen LogP contribution in [0.2, 0.25) is 0 Å². The van der Waals surface area contributed by atoms with E-state index in [9.17, 15) is 0 Å². The van der Waals surface area contributed by atoms with Gasteiger partial charge >= 0.3 is 0 Å². The number of hydrogen-bond acceptors (Lipinski definition) is 1. The quantitative estimate of drug-likeness (QED) is 0.334. The van der Waals surface area contributed by atoms with Crippen LogP contribution in [-0.4, -0.2) is 6.10 Å². The molecular formula is C23H39BrO. The first-order valence-corrected chi connectivity index (χ1v) is 10.8. The second kappa shape index (κ2) is 10.7. The maximum Gasteiger partial charge on any atom is 0.0721 e. The summed E-state index contributed by atoms with van der Waals surface area (Å²) < 4.78 is 7.60. The van der Waals surface area contributed by atoms with Crippen LogP contribution < -0.4 is 0 Å². The van der Waals surface area contributed by atoms with Crippen molar-refractivity contribution in [2.45, 2.75) is 99.2 Å². The van der Waals surface area contributed by atoms with E-state index in [-0.39, 0.29) is 16.9 Å². The van der Waals surface area contributed by atoms with E-state index < -0.39 is 0 Å². The minimum absolute atomic E-state index is 0.141. The molecule has 0 heterocycles. The van der Waals surface area contributed by atoms with Crippen LogP contribution >= 0.6 is 15.9 Å². The van der Waals surface area contributed by atoms with Gasteiger partial charge in [-0.05, 0) is 34.9 Å². The van der Waals surface area contributed by atoms with Crippen LogP contribution in [0.5, 0.6) is 0 Å². The van der Waals surface area contributed by atoms with E-state index in [0.29, 0.717) is 6.61 Å². The molecule has 1 aromatic rings. The molecule has 1 rings (SSSR count). The second-order valence-electron chi connectivity index (χ2n) is 8.96. The highest BCUT2D eigenvalue weighted by molar-refractivity contribution is 9.10. The normalized spacial score (nSPS) is 13.9. The summed E-state index contributed by atoms with van der Waals surface area (Å²) in [6.45, 7) is 14.7. The molecule has 25 heavy (non-hydrogen) atoms. The summed E-state index contributed by atoms with van der Waals surface area (Å²) in [5.74, 6) is 0. The summed E-state index contributed by atoms with van der Waals surface area (Å²) in [5, 5.41) is 0. The van der Waals surface area contributed by atoms with Crippen LogP contribution in [0, 0.1) is 10.8 Å². The highest BCUT2D eigenvalue weighted by Crippen LogP contribution is 2.44. The fraction of sp³-hybridized carbons (Fsp3) is 0.739. The molecule has 0 bridgehead atoms. The molecule has 1 aromatic carbocycles. The van der Waals surface area contributed by atoms with Crippen molar-refractivity contribution in [2.24, 2.45) is 10.8 Å². The van der Waals surface area contributed by atoms with Gasteiger partial charge in [0.2, 0.25) is 0 Å². The highest BCUT2D eigenvalue weighted by Gasteiger charge is 2.40. The maximum absolute atomic E-state index is 6.48. The Balaban J connectivity index is 2.64. The first-order valence-electron chi connectivity index (χ1n) is 10.0. The van der Waals surface area contributed by atoms with E-state index >= 15 is 0 Å². The summed E-state index contributed by atoms with van der Waals surface area (Å²) in [6, 6.07) is 8.46. The van der Waals surface area contributed by atoms with Crippen LogP contribution in [0.25, 0.3) is 0 Å². The van der Waals surface area contributed by atoms with Crippen molar-refractivity contribution in [1.82, 2.24) is 0 Å². The van der Waals surface area contributed by atoms with Gasteiger partial charge in [0.15, 0.2) is 0 Å². The molecule has 0 spiro atoms. The summed E-state index contributed by atoms with van der Waals surface area (Å²) in [5.41, 5.74) is 1.60. The zero-order valence-corrected chi connectivity index (χ0v) is 18.9. The third-order valence-corrected chi connectivity index (χ3v) is 6.39. The minimum Gasteiger partial charge on any atom is -0.373 e. The maximum atomic E-state index is 6.48. The van der Waals surface area contributed by atoms with Gasteiger partial charge in [-0.1, -0.05) is 108 Å². The lowest BCUT2D eigenvalue weighted by atomic mass is 9.65. The molecule has 0 amide bonds. The number of unbranched alkanes of at least 4 members (excludes halogenated alkanes) is 5. The van der Waals surface area contributed by atoms with E-state index in [1.54, 1.807) is 0 Å². The zero-order chi connectivity index (χ0) is 18.9. The number of ether oxygens (including phenoxy) is 1. The Labute approximate surface area is 165 Å². The third-order valence-electron chi connectivity index (χ3n) is 5.90. The van der Waals surface area contributed by atoms with Gasteiger partial charge in [-0.2, -0.15) is 0 Å². The van der Waals surface area contributed by atoms with E-state index in [1.807, 2.05) is 0 Å². The first kappa shape index (κ1) is 22.7. The lowest BCUT2D eigenvalue weighted by Gasteiger charge is -2.45. The summed E-state index contributed by atoms with van der Waals surface area (Å²) >= 11 is 3.56. The summed E-state index contributed by atoms with van der Waals surface area (Å²) in [6.07, 6.45) is 9.47. The van der Waals surface area contributed by atoms with Gasteiger partial charge in [0.05, 0.1) is 12.7 Å². The fourth-order valence-electron chi connectivity index (χ4n) is 3.07. The van der Waals surface area contributed by atoms with Gasteiger partial charge in [-0.15, -0.1) is 0 Å². The van der Waals surface area contributed by atoms with Crippen molar-refractivity contribution in [3.63, 3.8) is 0 Å². The second-order valence-corrected chi connectivity index (χ2v) is 9.87. The average Bonchev–Trinajstić information content (AvgIpc) is 2.52. The van der Waals surface area contributed by atoms with Crippen molar-refractivity contribution >= 4 is 15.9 Å². The van der Waals surface area contributed by atoms with E-state index in [2.05, 4.69) is 81.7 Å². The van der Waals surface area contributed by atoms with Gasteiger partial charge in [-0.25, -0.2) is 0 Å². The van der Waals surface area contributed by atoms with Gasteiger partial charge in [0.1, 0.15) is 0 Å². The Morgan fingerprint density at radius 1 is 0.960 bits per heavy atom. The topological polar surface area (TPSA) is 9.23 Å². The van der Waals surface area contributed by atoms with Crippen LogP contribution in [0.4, 0.5) is 0 Å². The Morgan fingerprint density at radius 2 is 1.60 bits per heavy atom. The number of benzene rings is 1. The Bertz CT molecular complexity index is 487.